The zero-order valence-electron chi connectivity index (χ0n) is 7.17. The van der Waals surface area contributed by atoms with Crippen LogP contribution in [0.2, 0.25) is 0 Å². The van der Waals surface area contributed by atoms with Crippen molar-refractivity contribution < 1.29 is 0 Å². The first-order valence-corrected chi connectivity index (χ1v) is 4.32. The molecule has 0 aromatic heterocycles. The summed E-state index contributed by atoms with van der Waals surface area (Å²) in [4.78, 5) is 3.53. The zero-order valence-corrected chi connectivity index (χ0v) is 7.17. The van der Waals surface area contributed by atoms with Gasteiger partial charge in [0.2, 0.25) is 0 Å². The Bertz CT molecular complexity index is 347. The molecule has 1 aliphatic rings. The molecule has 1 atom stereocenters. The fourth-order valence-corrected chi connectivity index (χ4v) is 1.95. The van der Waals surface area contributed by atoms with Crippen molar-refractivity contribution in [2.24, 2.45) is 0 Å². The molecule has 0 saturated carbocycles. The first-order valence-electron chi connectivity index (χ1n) is 4.32. The third-order valence-corrected chi connectivity index (χ3v) is 2.67. The highest BCUT2D eigenvalue weighted by Gasteiger charge is 2.20. The summed E-state index contributed by atoms with van der Waals surface area (Å²) in [5.41, 5.74) is 3.54. The van der Waals surface area contributed by atoms with Crippen molar-refractivity contribution in [1.29, 1.82) is 0 Å². The van der Waals surface area contributed by atoms with Crippen LogP contribution in [0.15, 0.2) is 18.2 Å². The van der Waals surface area contributed by atoms with Gasteiger partial charge in [-0.15, -0.1) is 0 Å². The second-order valence-electron chi connectivity index (χ2n) is 3.40. The van der Waals surface area contributed by atoms with Gasteiger partial charge in [0.25, 0.3) is 0 Å². The maximum atomic E-state index is 7.00. The predicted molar refractivity (Wildman–Crippen MR) is 49.4 cm³/mol. The van der Waals surface area contributed by atoms with Gasteiger partial charge in [-0.25, -0.2) is 4.85 Å². The Morgan fingerprint density at radius 1 is 1.50 bits per heavy atom. The summed E-state index contributed by atoms with van der Waals surface area (Å²) in [6, 6.07) is 6.07. The minimum atomic E-state index is 0.654. The summed E-state index contributed by atoms with van der Waals surface area (Å²) in [5.74, 6) is 0.654. The number of hydrogen-bond donors (Lipinski definition) is 0. The van der Waals surface area contributed by atoms with E-state index in [0.717, 1.165) is 12.1 Å². The van der Waals surface area contributed by atoms with Crippen LogP contribution in [0, 0.1) is 6.57 Å². The maximum absolute atomic E-state index is 7.00. The second-order valence-corrected chi connectivity index (χ2v) is 3.40. The van der Waals surface area contributed by atoms with Gasteiger partial charge in [0.1, 0.15) is 0 Å². The van der Waals surface area contributed by atoms with Crippen LogP contribution < -0.4 is 0 Å². The molecule has 1 aromatic carbocycles. The monoisotopic (exact) mass is 157 g/mol. The third-order valence-electron chi connectivity index (χ3n) is 2.67. The van der Waals surface area contributed by atoms with Crippen LogP contribution >= 0.6 is 0 Å². The summed E-state index contributed by atoms with van der Waals surface area (Å²) in [7, 11) is 0. The minimum Gasteiger partial charge on any atom is -0.238 e. The van der Waals surface area contributed by atoms with Gasteiger partial charge >= 0.3 is 0 Å². The van der Waals surface area contributed by atoms with Gasteiger partial charge in [-0.2, -0.15) is 0 Å². The van der Waals surface area contributed by atoms with Crippen LogP contribution in [0.3, 0.4) is 0 Å². The summed E-state index contributed by atoms with van der Waals surface area (Å²) < 4.78 is 0. The van der Waals surface area contributed by atoms with Gasteiger partial charge < -0.3 is 0 Å². The van der Waals surface area contributed by atoms with Gasteiger partial charge in [0.05, 0.1) is 6.57 Å². The molecule has 1 aliphatic carbocycles. The van der Waals surface area contributed by atoms with E-state index >= 15 is 0 Å². The number of rotatable bonds is 0. The van der Waals surface area contributed by atoms with Crippen LogP contribution in [-0.4, -0.2) is 0 Å². The van der Waals surface area contributed by atoms with Crippen molar-refractivity contribution in [1.82, 2.24) is 0 Å². The van der Waals surface area contributed by atoms with Gasteiger partial charge in [-0.1, -0.05) is 30.7 Å². The second kappa shape index (κ2) is 2.64. The fraction of sp³-hybridized carbons (Fsp3) is 0.364. The molecule has 0 heterocycles. The summed E-state index contributed by atoms with van der Waals surface area (Å²) in [6.07, 6.45) is 2.30. The zero-order chi connectivity index (χ0) is 8.55. The Kier molecular flexibility index (Phi) is 1.62. The Balaban J connectivity index is 2.60. The lowest BCUT2D eigenvalue weighted by Crippen LogP contribution is -1.84. The van der Waals surface area contributed by atoms with Gasteiger partial charge in [-0.3, -0.25) is 0 Å². The van der Waals surface area contributed by atoms with E-state index in [1.807, 2.05) is 12.1 Å². The van der Waals surface area contributed by atoms with E-state index in [0.29, 0.717) is 5.92 Å². The van der Waals surface area contributed by atoms with Crippen LogP contribution in [0.1, 0.15) is 30.4 Å². The van der Waals surface area contributed by atoms with Crippen molar-refractivity contribution in [3.63, 3.8) is 0 Å². The van der Waals surface area contributed by atoms with Gasteiger partial charge in [-0.05, 0) is 24.3 Å². The quantitative estimate of drug-likeness (QED) is 0.509. The fourth-order valence-electron chi connectivity index (χ4n) is 1.95. The number of benzene rings is 1. The lowest BCUT2D eigenvalue weighted by Gasteiger charge is -2.03. The highest BCUT2D eigenvalue weighted by molar-refractivity contribution is 5.58. The maximum Gasteiger partial charge on any atom is 0.190 e. The van der Waals surface area contributed by atoms with Crippen molar-refractivity contribution in [2.75, 3.05) is 0 Å². The highest BCUT2D eigenvalue weighted by Crippen LogP contribution is 2.37. The lowest BCUT2D eigenvalue weighted by molar-refractivity contribution is 0.747. The molecule has 1 aromatic rings. The number of fused-ring (bicyclic) bond motifs is 1. The lowest BCUT2D eigenvalue weighted by atomic mass is 10.0. The normalized spacial score (nSPS) is 20.2. The first-order chi connectivity index (χ1) is 5.83. The minimum absolute atomic E-state index is 0.654. The SMILES string of the molecule is [C-]#[N+]c1cccc2c1CC[C@@H]2C. The molecule has 0 unspecified atom stereocenters. The van der Waals surface area contributed by atoms with Crippen molar-refractivity contribution in [3.8, 4) is 0 Å². The summed E-state index contributed by atoms with van der Waals surface area (Å²) in [6.45, 7) is 9.24. The Morgan fingerprint density at radius 2 is 2.33 bits per heavy atom. The number of nitrogens with zero attached hydrogens (tertiary/aromatic N) is 1. The first kappa shape index (κ1) is 7.36. The molecule has 0 radical (unpaired) electrons. The summed E-state index contributed by atoms with van der Waals surface area (Å²) >= 11 is 0. The van der Waals surface area contributed by atoms with Crippen LogP contribution in [0.5, 0.6) is 0 Å². The van der Waals surface area contributed by atoms with Crippen molar-refractivity contribution in [3.05, 3.63) is 40.7 Å². The van der Waals surface area contributed by atoms with E-state index in [2.05, 4.69) is 17.8 Å². The Hall–Kier alpha value is -1.29. The molecule has 0 bridgehead atoms. The number of hydrogen-bond acceptors (Lipinski definition) is 0. The van der Waals surface area contributed by atoms with Crippen LogP contribution in [0.25, 0.3) is 4.85 Å². The summed E-state index contributed by atoms with van der Waals surface area (Å²) in [5, 5.41) is 0. The average Bonchev–Trinajstić information content (AvgIpc) is 2.48. The highest BCUT2D eigenvalue weighted by atomic mass is 14.6. The van der Waals surface area contributed by atoms with Gasteiger partial charge in [0, 0.05) is 0 Å². The van der Waals surface area contributed by atoms with Crippen molar-refractivity contribution >= 4 is 5.69 Å². The molecule has 0 N–H and O–H groups in total. The van der Waals surface area contributed by atoms with E-state index < -0.39 is 0 Å². The van der Waals surface area contributed by atoms with E-state index in [-0.39, 0.29) is 0 Å². The van der Waals surface area contributed by atoms with E-state index in [1.165, 1.54) is 17.5 Å². The molecule has 0 saturated heterocycles. The largest absolute Gasteiger partial charge is 0.238 e. The molecule has 0 aliphatic heterocycles. The molecule has 1 heteroatoms. The van der Waals surface area contributed by atoms with Gasteiger partial charge in [0.15, 0.2) is 5.69 Å². The third kappa shape index (κ3) is 0.921. The molecule has 0 amide bonds. The van der Waals surface area contributed by atoms with Crippen molar-refractivity contribution in [2.45, 2.75) is 25.7 Å². The molecular weight excluding hydrogens is 146 g/mol. The molecule has 0 fully saturated rings. The predicted octanol–water partition coefficient (Wildman–Crippen LogP) is 3.29. The molecule has 60 valence electrons. The Morgan fingerprint density at radius 3 is 3.08 bits per heavy atom. The molecule has 12 heavy (non-hydrogen) atoms. The molecule has 0 spiro atoms. The standard InChI is InChI=1S/C11H11N/c1-8-6-7-10-9(8)4-3-5-11(10)12-2/h3-5,8H,6-7H2,1H3/t8-/m0/s1. The van der Waals surface area contributed by atoms with Crippen LogP contribution in [-0.2, 0) is 6.42 Å². The topological polar surface area (TPSA) is 4.36 Å². The Labute approximate surface area is 72.9 Å². The smallest absolute Gasteiger partial charge is 0.190 e. The van der Waals surface area contributed by atoms with Crippen LogP contribution in [0.4, 0.5) is 5.69 Å². The molecule has 2 rings (SSSR count). The van der Waals surface area contributed by atoms with E-state index in [9.17, 15) is 0 Å². The van der Waals surface area contributed by atoms with E-state index in [4.69, 9.17) is 6.57 Å². The molecular formula is C11H11N. The average molecular weight is 157 g/mol. The molecule has 1 nitrogen and oxygen atoms in total. The van der Waals surface area contributed by atoms with E-state index in [1.54, 1.807) is 0 Å².